The minimum Gasteiger partial charge on any atom is -0.335 e. The first-order chi connectivity index (χ1) is 12.2. The molecular formula is C17H22N4O4S. The number of rotatable bonds is 3. The highest BCUT2D eigenvalue weighted by Gasteiger charge is 2.29. The van der Waals surface area contributed by atoms with Crippen molar-refractivity contribution in [2.45, 2.75) is 19.9 Å². The zero-order valence-corrected chi connectivity index (χ0v) is 15.9. The van der Waals surface area contributed by atoms with Crippen molar-refractivity contribution >= 4 is 26.7 Å². The Hall–Kier alpha value is -2.26. The lowest BCUT2D eigenvalue weighted by molar-refractivity contribution is 0.0691. The maximum atomic E-state index is 13.0. The number of benzene rings is 1. The number of carbonyl (C=O) groups is 1. The zero-order chi connectivity index (χ0) is 19.1. The predicted molar refractivity (Wildman–Crippen MR) is 98.7 cm³/mol. The van der Waals surface area contributed by atoms with E-state index in [1.54, 1.807) is 29.2 Å². The topological polar surface area (TPSA) is 92.6 Å². The van der Waals surface area contributed by atoms with Gasteiger partial charge >= 0.3 is 0 Å². The first kappa shape index (κ1) is 18.5. The quantitative estimate of drug-likeness (QED) is 0.784. The lowest BCUT2D eigenvalue weighted by atomic mass is 10.1. The third kappa shape index (κ3) is 3.36. The van der Waals surface area contributed by atoms with Gasteiger partial charge in [0.1, 0.15) is 0 Å². The van der Waals surface area contributed by atoms with Crippen molar-refractivity contribution in [3.63, 3.8) is 0 Å². The van der Waals surface area contributed by atoms with Crippen LogP contribution in [0.5, 0.6) is 0 Å². The molecule has 9 heteroatoms. The highest BCUT2D eigenvalue weighted by molar-refractivity contribution is 7.88. The molecule has 0 saturated carbocycles. The van der Waals surface area contributed by atoms with Crippen molar-refractivity contribution in [1.29, 1.82) is 0 Å². The largest absolute Gasteiger partial charge is 0.335 e. The fraction of sp³-hybridized carbons (Fsp3) is 0.471. The molecule has 0 radical (unpaired) electrons. The number of piperazine rings is 1. The van der Waals surface area contributed by atoms with Crippen molar-refractivity contribution in [3.8, 4) is 0 Å². The highest BCUT2D eigenvalue weighted by Crippen LogP contribution is 2.18. The third-order valence-electron chi connectivity index (χ3n) is 4.51. The monoisotopic (exact) mass is 378 g/mol. The third-order valence-corrected chi connectivity index (χ3v) is 5.82. The average molecular weight is 378 g/mol. The second-order valence-electron chi connectivity index (χ2n) is 6.69. The van der Waals surface area contributed by atoms with Crippen LogP contribution in [0.25, 0.3) is 10.8 Å². The van der Waals surface area contributed by atoms with Crippen LogP contribution in [-0.2, 0) is 10.0 Å². The molecular weight excluding hydrogens is 356 g/mol. The molecule has 0 bridgehead atoms. The van der Waals surface area contributed by atoms with Crippen molar-refractivity contribution in [2.75, 3.05) is 32.4 Å². The number of amides is 1. The number of sulfonamides is 1. The van der Waals surface area contributed by atoms with E-state index in [0.717, 1.165) is 6.26 Å². The Balaban J connectivity index is 1.99. The van der Waals surface area contributed by atoms with Gasteiger partial charge in [-0.2, -0.15) is 9.40 Å². The normalized spacial score (nSPS) is 16.4. The summed E-state index contributed by atoms with van der Waals surface area (Å²) in [5.41, 5.74) is -0.00393. The van der Waals surface area contributed by atoms with Gasteiger partial charge in [0.15, 0.2) is 5.69 Å². The number of aromatic nitrogens is 2. The van der Waals surface area contributed by atoms with E-state index < -0.39 is 10.0 Å². The smallest absolute Gasteiger partial charge is 0.275 e. The lowest BCUT2D eigenvalue weighted by Crippen LogP contribution is -2.50. The first-order valence-corrected chi connectivity index (χ1v) is 10.3. The van der Waals surface area contributed by atoms with Gasteiger partial charge in [-0.05, 0) is 19.9 Å². The van der Waals surface area contributed by atoms with Gasteiger partial charge in [0.2, 0.25) is 10.0 Å². The van der Waals surface area contributed by atoms with E-state index in [0.29, 0.717) is 23.9 Å². The maximum absolute atomic E-state index is 13.0. The number of hydrogen-bond donors (Lipinski definition) is 0. The molecule has 0 N–H and O–H groups in total. The maximum Gasteiger partial charge on any atom is 0.275 e. The Bertz CT molecular complexity index is 1010. The van der Waals surface area contributed by atoms with Crippen LogP contribution in [-0.4, -0.2) is 65.7 Å². The van der Waals surface area contributed by atoms with Crippen LogP contribution in [0, 0.1) is 0 Å². The molecule has 0 aliphatic carbocycles. The van der Waals surface area contributed by atoms with E-state index in [-0.39, 0.29) is 36.3 Å². The summed E-state index contributed by atoms with van der Waals surface area (Å²) in [5, 5.41) is 5.30. The number of hydrogen-bond acceptors (Lipinski definition) is 5. The van der Waals surface area contributed by atoms with E-state index in [4.69, 9.17) is 0 Å². The Morgan fingerprint density at radius 1 is 1.08 bits per heavy atom. The molecule has 1 aromatic carbocycles. The van der Waals surface area contributed by atoms with Crippen LogP contribution in [0.2, 0.25) is 0 Å². The molecule has 8 nitrogen and oxygen atoms in total. The molecule has 1 aromatic heterocycles. The van der Waals surface area contributed by atoms with Gasteiger partial charge in [0.05, 0.1) is 17.7 Å². The zero-order valence-electron chi connectivity index (χ0n) is 15.0. The molecule has 3 rings (SSSR count). The van der Waals surface area contributed by atoms with Crippen LogP contribution in [0.4, 0.5) is 0 Å². The number of nitrogens with zero attached hydrogens (tertiary/aromatic N) is 4. The minimum absolute atomic E-state index is 0.180. The van der Waals surface area contributed by atoms with Crippen LogP contribution < -0.4 is 5.56 Å². The molecule has 1 amide bonds. The molecule has 0 unspecified atom stereocenters. The van der Waals surface area contributed by atoms with E-state index in [1.807, 2.05) is 13.8 Å². The van der Waals surface area contributed by atoms with Gasteiger partial charge in [0.25, 0.3) is 11.5 Å². The summed E-state index contributed by atoms with van der Waals surface area (Å²) in [6.45, 7) is 4.77. The van der Waals surface area contributed by atoms with E-state index >= 15 is 0 Å². The van der Waals surface area contributed by atoms with Crippen molar-refractivity contribution in [2.24, 2.45) is 0 Å². The fourth-order valence-corrected chi connectivity index (χ4v) is 3.91. The SMILES string of the molecule is CC(C)n1nc(C(=O)N2CCN(S(C)(=O)=O)CC2)c2ccccc2c1=O. The summed E-state index contributed by atoms with van der Waals surface area (Å²) in [7, 11) is -3.26. The van der Waals surface area contributed by atoms with Gasteiger partial charge in [-0.15, -0.1) is 0 Å². The Morgan fingerprint density at radius 3 is 2.19 bits per heavy atom. The van der Waals surface area contributed by atoms with Crippen LogP contribution in [0.3, 0.4) is 0 Å². The lowest BCUT2D eigenvalue weighted by Gasteiger charge is -2.33. The molecule has 140 valence electrons. The van der Waals surface area contributed by atoms with Gasteiger partial charge in [0, 0.05) is 31.6 Å². The molecule has 2 aromatic rings. The number of carbonyl (C=O) groups excluding carboxylic acids is 1. The van der Waals surface area contributed by atoms with E-state index in [9.17, 15) is 18.0 Å². The second-order valence-corrected chi connectivity index (χ2v) is 8.67. The van der Waals surface area contributed by atoms with E-state index in [1.165, 1.54) is 8.99 Å². The first-order valence-electron chi connectivity index (χ1n) is 8.46. The average Bonchev–Trinajstić information content (AvgIpc) is 2.61. The van der Waals surface area contributed by atoms with Crippen LogP contribution >= 0.6 is 0 Å². The Kier molecular flexibility index (Phi) is 4.85. The summed E-state index contributed by atoms with van der Waals surface area (Å²) >= 11 is 0. The molecule has 1 aliphatic heterocycles. The predicted octanol–water partition coefficient (Wildman–Crippen LogP) is 0.695. The van der Waals surface area contributed by atoms with Crippen molar-refractivity contribution in [1.82, 2.24) is 19.0 Å². The summed E-state index contributed by atoms with van der Waals surface area (Å²) in [6.07, 6.45) is 1.16. The fourth-order valence-electron chi connectivity index (χ4n) is 3.09. The van der Waals surface area contributed by atoms with Gasteiger partial charge in [-0.1, -0.05) is 18.2 Å². The standard InChI is InChI=1S/C17H22N4O4S/c1-12(2)21-16(22)14-7-5-4-6-13(14)15(18-21)17(23)19-8-10-20(11-9-19)26(3,24)25/h4-7,12H,8-11H2,1-3H3. The van der Waals surface area contributed by atoms with Crippen molar-refractivity contribution in [3.05, 3.63) is 40.3 Å². The minimum atomic E-state index is -3.26. The van der Waals surface area contributed by atoms with E-state index in [2.05, 4.69) is 5.10 Å². The molecule has 1 aliphatic rings. The summed E-state index contributed by atoms with van der Waals surface area (Å²) in [6, 6.07) is 6.75. The Morgan fingerprint density at radius 2 is 1.65 bits per heavy atom. The molecule has 1 saturated heterocycles. The summed E-state index contributed by atoms with van der Waals surface area (Å²) in [5.74, 6) is -0.288. The van der Waals surface area contributed by atoms with Crippen molar-refractivity contribution < 1.29 is 13.2 Å². The molecule has 1 fully saturated rings. The summed E-state index contributed by atoms with van der Waals surface area (Å²) in [4.78, 5) is 27.2. The van der Waals surface area contributed by atoms with Gasteiger partial charge in [-0.3, -0.25) is 9.59 Å². The van der Waals surface area contributed by atoms with Gasteiger partial charge in [-0.25, -0.2) is 13.1 Å². The molecule has 2 heterocycles. The number of fused-ring (bicyclic) bond motifs is 1. The molecule has 0 atom stereocenters. The van der Waals surface area contributed by atoms with Gasteiger partial charge < -0.3 is 4.90 Å². The highest BCUT2D eigenvalue weighted by atomic mass is 32.2. The summed E-state index contributed by atoms with van der Waals surface area (Å²) < 4.78 is 26.0. The Labute approximate surface area is 152 Å². The molecule has 0 spiro atoms. The molecule has 26 heavy (non-hydrogen) atoms. The van der Waals surface area contributed by atoms with Crippen LogP contribution in [0.1, 0.15) is 30.4 Å². The van der Waals surface area contributed by atoms with Crippen LogP contribution in [0.15, 0.2) is 29.1 Å². The second kappa shape index (κ2) is 6.81.